The Kier molecular flexibility index (Phi) is 6.24. The minimum absolute atomic E-state index is 0.426. The lowest BCUT2D eigenvalue weighted by Gasteiger charge is -2.12. The van der Waals surface area contributed by atoms with Gasteiger partial charge in [0.15, 0.2) is 0 Å². The third-order valence-electron chi connectivity index (χ3n) is 5.05. The summed E-state index contributed by atoms with van der Waals surface area (Å²) in [5.74, 6) is 2.61. The van der Waals surface area contributed by atoms with Gasteiger partial charge in [0.2, 0.25) is 0 Å². The maximum absolute atomic E-state index is 6.25. The number of para-hydroxylation sites is 3. The van der Waals surface area contributed by atoms with Crippen LogP contribution in [-0.4, -0.2) is 16.2 Å². The van der Waals surface area contributed by atoms with E-state index < -0.39 is 0 Å². The van der Waals surface area contributed by atoms with Crippen LogP contribution >= 0.6 is 11.6 Å². The molecular formula is C25H25ClN2O2. The standard InChI is InChI=1S/C25H25ClN2O2/c1-18-15-21(16-19(2)25(18)26)29-14-8-13-28-23-12-7-6-11-22(23)27-24(28)17-30-20-9-4-3-5-10-20/h3-7,9-12,15-16H,8,13-14,17H2,1-2H3. The lowest BCUT2D eigenvalue weighted by atomic mass is 10.1. The van der Waals surface area contributed by atoms with Gasteiger partial charge in [-0.15, -0.1) is 0 Å². The number of rotatable bonds is 8. The lowest BCUT2D eigenvalue weighted by molar-refractivity contribution is 0.280. The van der Waals surface area contributed by atoms with Crippen LogP contribution in [0.15, 0.2) is 66.7 Å². The van der Waals surface area contributed by atoms with Crippen LogP contribution in [0.1, 0.15) is 23.4 Å². The summed E-state index contributed by atoms with van der Waals surface area (Å²) >= 11 is 6.25. The Morgan fingerprint density at radius 1 is 0.867 bits per heavy atom. The molecule has 0 aliphatic heterocycles. The summed E-state index contributed by atoms with van der Waals surface area (Å²) in [6.45, 7) is 5.85. The van der Waals surface area contributed by atoms with Crippen molar-refractivity contribution in [3.63, 3.8) is 0 Å². The third-order valence-corrected chi connectivity index (χ3v) is 5.65. The van der Waals surface area contributed by atoms with Gasteiger partial charge in [-0.2, -0.15) is 0 Å². The zero-order valence-corrected chi connectivity index (χ0v) is 18.0. The van der Waals surface area contributed by atoms with Crippen LogP contribution < -0.4 is 9.47 Å². The van der Waals surface area contributed by atoms with Gasteiger partial charge >= 0.3 is 0 Å². The average molecular weight is 421 g/mol. The number of ether oxygens (including phenoxy) is 2. The molecule has 0 saturated heterocycles. The van der Waals surface area contributed by atoms with Crippen molar-refractivity contribution in [2.45, 2.75) is 33.4 Å². The summed E-state index contributed by atoms with van der Waals surface area (Å²) < 4.78 is 14.1. The van der Waals surface area contributed by atoms with Gasteiger partial charge in [-0.25, -0.2) is 4.98 Å². The number of imidazole rings is 1. The molecule has 0 aliphatic carbocycles. The highest BCUT2D eigenvalue weighted by molar-refractivity contribution is 6.32. The molecule has 3 aromatic carbocycles. The molecule has 5 heteroatoms. The predicted molar refractivity (Wildman–Crippen MR) is 122 cm³/mol. The number of aromatic nitrogens is 2. The highest BCUT2D eigenvalue weighted by Crippen LogP contribution is 2.26. The summed E-state index contributed by atoms with van der Waals surface area (Å²) in [5, 5.41) is 0.801. The predicted octanol–water partition coefficient (Wildman–Crippen LogP) is 6.35. The number of hydrogen-bond acceptors (Lipinski definition) is 3. The molecule has 4 rings (SSSR count). The molecule has 4 aromatic rings. The van der Waals surface area contributed by atoms with E-state index in [2.05, 4.69) is 10.6 Å². The molecule has 4 nitrogen and oxygen atoms in total. The van der Waals surface area contributed by atoms with Crippen LogP contribution in [0.5, 0.6) is 11.5 Å². The topological polar surface area (TPSA) is 36.3 Å². The van der Waals surface area contributed by atoms with Crippen molar-refractivity contribution in [3.05, 3.63) is 88.7 Å². The van der Waals surface area contributed by atoms with Gasteiger partial charge < -0.3 is 14.0 Å². The van der Waals surface area contributed by atoms with Gasteiger partial charge in [0.05, 0.1) is 17.6 Å². The van der Waals surface area contributed by atoms with Crippen molar-refractivity contribution in [3.8, 4) is 11.5 Å². The fourth-order valence-electron chi connectivity index (χ4n) is 3.55. The monoisotopic (exact) mass is 420 g/mol. The Bertz CT molecular complexity index is 1120. The molecule has 1 aromatic heterocycles. The summed E-state index contributed by atoms with van der Waals surface area (Å²) in [4.78, 5) is 4.78. The summed E-state index contributed by atoms with van der Waals surface area (Å²) in [7, 11) is 0. The molecular weight excluding hydrogens is 396 g/mol. The second-order valence-electron chi connectivity index (χ2n) is 7.34. The van der Waals surface area contributed by atoms with Crippen LogP contribution in [0.4, 0.5) is 0 Å². The Hall–Kier alpha value is -2.98. The number of benzene rings is 3. The highest BCUT2D eigenvalue weighted by atomic mass is 35.5. The Balaban J connectivity index is 1.43. The molecule has 0 radical (unpaired) electrons. The maximum Gasteiger partial charge on any atom is 0.147 e. The average Bonchev–Trinajstić information content (AvgIpc) is 3.12. The molecule has 0 unspecified atom stereocenters. The van der Waals surface area contributed by atoms with E-state index in [9.17, 15) is 0 Å². The largest absolute Gasteiger partial charge is 0.494 e. The van der Waals surface area contributed by atoms with Crippen LogP contribution in [0.25, 0.3) is 11.0 Å². The van der Waals surface area contributed by atoms with Crippen LogP contribution in [-0.2, 0) is 13.2 Å². The molecule has 0 N–H and O–H groups in total. The van der Waals surface area contributed by atoms with E-state index in [1.807, 2.05) is 74.5 Å². The van der Waals surface area contributed by atoms with Crippen LogP contribution in [0.2, 0.25) is 5.02 Å². The first-order chi connectivity index (χ1) is 14.6. The molecule has 1 heterocycles. The van der Waals surface area contributed by atoms with Crippen LogP contribution in [0.3, 0.4) is 0 Å². The van der Waals surface area contributed by atoms with Gasteiger partial charge in [0.25, 0.3) is 0 Å². The van der Waals surface area contributed by atoms with Gasteiger partial charge in [-0.1, -0.05) is 41.9 Å². The molecule has 154 valence electrons. The Morgan fingerprint density at radius 3 is 2.33 bits per heavy atom. The summed E-state index contributed by atoms with van der Waals surface area (Å²) in [5.41, 5.74) is 4.16. The zero-order valence-electron chi connectivity index (χ0n) is 17.3. The van der Waals surface area contributed by atoms with E-state index in [-0.39, 0.29) is 0 Å². The van der Waals surface area contributed by atoms with E-state index in [4.69, 9.17) is 26.1 Å². The molecule has 0 bridgehead atoms. The first kappa shape index (κ1) is 20.3. The van der Waals surface area contributed by atoms with E-state index in [0.717, 1.165) is 57.5 Å². The minimum atomic E-state index is 0.426. The number of halogens is 1. The van der Waals surface area contributed by atoms with Crippen molar-refractivity contribution in [2.24, 2.45) is 0 Å². The SMILES string of the molecule is Cc1cc(OCCCn2c(COc3ccccc3)nc3ccccc32)cc(C)c1Cl. The number of nitrogens with zero attached hydrogens (tertiary/aromatic N) is 2. The molecule has 0 aliphatic rings. The van der Waals surface area contributed by atoms with Gasteiger partial charge in [-0.3, -0.25) is 0 Å². The Labute approximate surface area is 182 Å². The second kappa shape index (κ2) is 9.23. The van der Waals surface area contributed by atoms with Crippen LogP contribution in [0, 0.1) is 13.8 Å². The Morgan fingerprint density at radius 2 is 1.57 bits per heavy atom. The van der Waals surface area contributed by atoms with Crippen molar-refractivity contribution >= 4 is 22.6 Å². The molecule has 30 heavy (non-hydrogen) atoms. The van der Waals surface area contributed by atoms with Crippen molar-refractivity contribution < 1.29 is 9.47 Å². The normalized spacial score (nSPS) is 11.0. The van der Waals surface area contributed by atoms with Gasteiger partial charge in [-0.05, 0) is 67.8 Å². The smallest absolute Gasteiger partial charge is 0.147 e. The highest BCUT2D eigenvalue weighted by Gasteiger charge is 2.11. The zero-order chi connectivity index (χ0) is 20.9. The minimum Gasteiger partial charge on any atom is -0.494 e. The summed E-state index contributed by atoms with van der Waals surface area (Å²) in [6.07, 6.45) is 0.861. The molecule has 0 amide bonds. The first-order valence-electron chi connectivity index (χ1n) is 10.1. The first-order valence-corrected chi connectivity index (χ1v) is 10.5. The summed E-state index contributed by atoms with van der Waals surface area (Å²) in [6, 6.07) is 22.0. The van der Waals surface area contributed by atoms with Crippen molar-refractivity contribution in [1.29, 1.82) is 0 Å². The number of fused-ring (bicyclic) bond motifs is 1. The third kappa shape index (κ3) is 4.60. The molecule has 0 saturated carbocycles. The fraction of sp³-hybridized carbons (Fsp3) is 0.240. The maximum atomic E-state index is 6.25. The van der Waals surface area contributed by atoms with E-state index in [0.29, 0.717) is 13.2 Å². The number of aryl methyl sites for hydroxylation is 3. The molecule has 0 fully saturated rings. The fourth-order valence-corrected chi connectivity index (χ4v) is 3.66. The molecule has 0 spiro atoms. The lowest BCUT2D eigenvalue weighted by Crippen LogP contribution is -2.10. The quantitative estimate of drug-likeness (QED) is 0.311. The van der Waals surface area contributed by atoms with E-state index in [1.54, 1.807) is 0 Å². The van der Waals surface area contributed by atoms with Gasteiger partial charge in [0, 0.05) is 11.6 Å². The van der Waals surface area contributed by atoms with E-state index in [1.165, 1.54) is 0 Å². The van der Waals surface area contributed by atoms with Gasteiger partial charge in [0.1, 0.15) is 23.9 Å². The second-order valence-corrected chi connectivity index (χ2v) is 7.72. The molecule has 0 atom stereocenters. The van der Waals surface area contributed by atoms with Crippen molar-refractivity contribution in [2.75, 3.05) is 6.61 Å². The van der Waals surface area contributed by atoms with E-state index >= 15 is 0 Å². The number of hydrogen-bond donors (Lipinski definition) is 0. The van der Waals surface area contributed by atoms with Crippen molar-refractivity contribution in [1.82, 2.24) is 9.55 Å².